The molecule has 1 amide bonds. The molecule has 0 atom stereocenters. The molecule has 1 aromatic heterocycles. The summed E-state index contributed by atoms with van der Waals surface area (Å²) in [5, 5.41) is 2.82. The van der Waals surface area contributed by atoms with Gasteiger partial charge in [-0.25, -0.2) is 9.37 Å². The van der Waals surface area contributed by atoms with Crippen LogP contribution in [0.4, 0.5) is 4.39 Å². The van der Waals surface area contributed by atoms with E-state index in [9.17, 15) is 9.18 Å². The Kier molecular flexibility index (Phi) is 3.53. The fraction of sp³-hybridized carbons (Fsp3) is 0.333. The number of thiazole rings is 1. The van der Waals surface area contributed by atoms with Crippen LogP contribution in [0.1, 0.15) is 33.8 Å². The van der Waals surface area contributed by atoms with Crippen molar-refractivity contribution in [2.75, 3.05) is 0 Å². The number of rotatable bonds is 4. The fourth-order valence-electron chi connectivity index (χ4n) is 2.26. The van der Waals surface area contributed by atoms with Crippen LogP contribution in [-0.4, -0.2) is 21.8 Å². The van der Waals surface area contributed by atoms with Crippen molar-refractivity contribution < 1.29 is 9.18 Å². The molecule has 1 aromatic carbocycles. The zero-order chi connectivity index (χ0) is 14.1. The lowest BCUT2D eigenvalue weighted by Crippen LogP contribution is -2.32. The standard InChI is InChI=1S/C15H15FN2OS/c1-10-6-11(8-12(16)7-10)15(19)18(13-2-3-13)9-14-17-4-5-20-14/h4-8,13H,2-3,9H2,1H3. The molecule has 1 heterocycles. The quantitative estimate of drug-likeness (QED) is 0.864. The fourth-order valence-corrected chi connectivity index (χ4v) is 2.87. The second-order valence-electron chi connectivity index (χ2n) is 5.11. The van der Waals surface area contributed by atoms with Gasteiger partial charge in [-0.15, -0.1) is 11.3 Å². The molecule has 0 N–H and O–H groups in total. The maximum atomic E-state index is 13.5. The Morgan fingerprint density at radius 2 is 2.25 bits per heavy atom. The third kappa shape index (κ3) is 2.88. The van der Waals surface area contributed by atoms with Gasteiger partial charge >= 0.3 is 0 Å². The van der Waals surface area contributed by atoms with Crippen molar-refractivity contribution >= 4 is 17.2 Å². The van der Waals surface area contributed by atoms with Gasteiger partial charge in [0.15, 0.2) is 0 Å². The summed E-state index contributed by atoms with van der Waals surface area (Å²) in [5.41, 5.74) is 1.18. The summed E-state index contributed by atoms with van der Waals surface area (Å²) < 4.78 is 13.5. The van der Waals surface area contributed by atoms with Crippen molar-refractivity contribution in [2.24, 2.45) is 0 Å². The molecule has 104 valence electrons. The van der Waals surface area contributed by atoms with Gasteiger partial charge in [0.05, 0.1) is 6.54 Å². The highest BCUT2D eigenvalue weighted by Crippen LogP contribution is 2.30. The largest absolute Gasteiger partial charge is 0.329 e. The Bertz CT molecular complexity index is 603. The van der Waals surface area contributed by atoms with Gasteiger partial charge in [-0.3, -0.25) is 4.79 Å². The van der Waals surface area contributed by atoms with E-state index >= 15 is 0 Å². The molecule has 3 rings (SSSR count). The number of aromatic nitrogens is 1. The average Bonchev–Trinajstić information content (AvgIpc) is 3.11. The molecule has 1 saturated carbocycles. The monoisotopic (exact) mass is 290 g/mol. The maximum Gasteiger partial charge on any atom is 0.254 e. The number of aryl methyl sites for hydroxylation is 1. The number of carbonyl (C=O) groups excluding carboxylic acids is 1. The second-order valence-corrected chi connectivity index (χ2v) is 6.09. The number of amides is 1. The first-order chi connectivity index (χ1) is 9.63. The van der Waals surface area contributed by atoms with E-state index in [0.717, 1.165) is 23.4 Å². The predicted octanol–water partition coefficient (Wildman–Crippen LogP) is 3.40. The van der Waals surface area contributed by atoms with Gasteiger partial charge < -0.3 is 4.90 Å². The van der Waals surface area contributed by atoms with E-state index in [1.54, 1.807) is 19.2 Å². The summed E-state index contributed by atoms with van der Waals surface area (Å²) in [6, 6.07) is 4.75. The van der Waals surface area contributed by atoms with E-state index in [2.05, 4.69) is 4.98 Å². The Hall–Kier alpha value is -1.75. The summed E-state index contributed by atoms with van der Waals surface area (Å²) in [5.74, 6) is -0.469. The predicted molar refractivity (Wildman–Crippen MR) is 76.1 cm³/mol. The number of halogens is 1. The Labute approximate surface area is 121 Å². The van der Waals surface area contributed by atoms with Crippen LogP contribution in [0.5, 0.6) is 0 Å². The minimum Gasteiger partial charge on any atom is -0.329 e. The molecule has 5 heteroatoms. The SMILES string of the molecule is Cc1cc(F)cc(C(=O)N(Cc2nccs2)C2CC2)c1. The van der Waals surface area contributed by atoms with Crippen LogP contribution < -0.4 is 0 Å². The van der Waals surface area contributed by atoms with E-state index in [4.69, 9.17) is 0 Å². The zero-order valence-corrected chi connectivity index (χ0v) is 12.0. The molecule has 3 nitrogen and oxygen atoms in total. The summed E-state index contributed by atoms with van der Waals surface area (Å²) in [4.78, 5) is 18.6. The van der Waals surface area contributed by atoms with Gasteiger partial charge in [-0.1, -0.05) is 0 Å². The molecular formula is C15H15FN2OS. The molecule has 20 heavy (non-hydrogen) atoms. The second kappa shape index (κ2) is 5.32. The lowest BCUT2D eigenvalue weighted by atomic mass is 10.1. The lowest BCUT2D eigenvalue weighted by molar-refractivity contribution is 0.0729. The first-order valence-electron chi connectivity index (χ1n) is 6.60. The van der Waals surface area contributed by atoms with Crippen LogP contribution in [0.2, 0.25) is 0 Å². The third-order valence-electron chi connectivity index (χ3n) is 3.33. The van der Waals surface area contributed by atoms with Gasteiger partial charge in [0.1, 0.15) is 10.8 Å². The normalized spacial score (nSPS) is 14.3. The highest BCUT2D eigenvalue weighted by atomic mass is 32.1. The van der Waals surface area contributed by atoms with Gasteiger partial charge in [-0.2, -0.15) is 0 Å². The van der Waals surface area contributed by atoms with E-state index in [1.807, 2.05) is 10.3 Å². The Morgan fingerprint density at radius 3 is 2.85 bits per heavy atom. The highest BCUT2D eigenvalue weighted by Gasteiger charge is 2.33. The van der Waals surface area contributed by atoms with Crippen molar-refractivity contribution in [3.05, 3.63) is 51.7 Å². The molecule has 2 aromatic rings. The molecule has 1 aliphatic carbocycles. The van der Waals surface area contributed by atoms with Crippen molar-refractivity contribution in [1.82, 2.24) is 9.88 Å². The van der Waals surface area contributed by atoms with Crippen LogP contribution in [0.15, 0.2) is 29.8 Å². The van der Waals surface area contributed by atoms with Crippen LogP contribution in [0, 0.1) is 12.7 Å². The van der Waals surface area contributed by atoms with Crippen molar-refractivity contribution in [3.8, 4) is 0 Å². The number of hydrogen-bond acceptors (Lipinski definition) is 3. The molecule has 1 aliphatic rings. The topological polar surface area (TPSA) is 33.2 Å². The van der Waals surface area contributed by atoms with E-state index in [0.29, 0.717) is 12.1 Å². The Balaban J connectivity index is 1.85. The van der Waals surface area contributed by atoms with Crippen LogP contribution in [0.3, 0.4) is 0 Å². The molecule has 0 aliphatic heterocycles. The third-order valence-corrected chi connectivity index (χ3v) is 4.09. The molecule has 1 fully saturated rings. The smallest absolute Gasteiger partial charge is 0.254 e. The molecule has 0 unspecified atom stereocenters. The van der Waals surface area contributed by atoms with E-state index in [1.165, 1.54) is 23.5 Å². The minimum atomic E-state index is -0.363. The molecule has 0 saturated heterocycles. The molecular weight excluding hydrogens is 275 g/mol. The highest BCUT2D eigenvalue weighted by molar-refractivity contribution is 7.09. The molecule has 0 spiro atoms. The van der Waals surface area contributed by atoms with Crippen LogP contribution >= 0.6 is 11.3 Å². The summed E-state index contributed by atoms with van der Waals surface area (Å²) >= 11 is 1.54. The summed E-state index contributed by atoms with van der Waals surface area (Å²) in [7, 11) is 0. The number of nitrogens with zero attached hydrogens (tertiary/aromatic N) is 2. The van der Waals surface area contributed by atoms with Crippen molar-refractivity contribution in [1.29, 1.82) is 0 Å². The number of benzene rings is 1. The first-order valence-corrected chi connectivity index (χ1v) is 7.48. The molecule has 0 bridgehead atoms. The Morgan fingerprint density at radius 1 is 1.45 bits per heavy atom. The number of carbonyl (C=O) groups is 1. The van der Waals surface area contributed by atoms with Gasteiger partial charge in [0.2, 0.25) is 0 Å². The van der Waals surface area contributed by atoms with Crippen molar-refractivity contribution in [2.45, 2.75) is 32.4 Å². The van der Waals surface area contributed by atoms with E-state index < -0.39 is 0 Å². The van der Waals surface area contributed by atoms with E-state index in [-0.39, 0.29) is 17.8 Å². The van der Waals surface area contributed by atoms with Crippen LogP contribution in [0.25, 0.3) is 0 Å². The average molecular weight is 290 g/mol. The van der Waals surface area contributed by atoms with Gasteiger partial charge in [0, 0.05) is 23.2 Å². The summed E-state index contributed by atoms with van der Waals surface area (Å²) in [6.45, 7) is 2.30. The minimum absolute atomic E-state index is 0.106. The molecule has 0 radical (unpaired) electrons. The van der Waals surface area contributed by atoms with Crippen molar-refractivity contribution in [3.63, 3.8) is 0 Å². The maximum absolute atomic E-state index is 13.5. The zero-order valence-electron chi connectivity index (χ0n) is 11.2. The van der Waals surface area contributed by atoms with Crippen LogP contribution in [-0.2, 0) is 6.54 Å². The van der Waals surface area contributed by atoms with Gasteiger partial charge in [-0.05, 0) is 43.5 Å². The first kappa shape index (κ1) is 13.2. The number of hydrogen-bond donors (Lipinski definition) is 0. The lowest BCUT2D eigenvalue weighted by Gasteiger charge is -2.21. The van der Waals surface area contributed by atoms with Gasteiger partial charge in [0.25, 0.3) is 5.91 Å². The summed E-state index contributed by atoms with van der Waals surface area (Å²) in [6.07, 6.45) is 3.78.